The fraction of sp³-hybridized carbons (Fsp3) is 0.643. The van der Waals surface area contributed by atoms with Crippen molar-refractivity contribution in [2.24, 2.45) is 5.41 Å². The molecule has 1 atom stereocenters. The highest BCUT2D eigenvalue weighted by atomic mass is 16.4. The van der Waals surface area contributed by atoms with Crippen molar-refractivity contribution in [3.8, 4) is 0 Å². The van der Waals surface area contributed by atoms with Gasteiger partial charge in [0.1, 0.15) is 0 Å². The van der Waals surface area contributed by atoms with E-state index in [-0.39, 0.29) is 0 Å². The molecule has 0 aromatic carbocycles. The lowest BCUT2D eigenvalue weighted by molar-refractivity contribution is -0.148. The van der Waals surface area contributed by atoms with E-state index in [2.05, 4.69) is 26.0 Å². The van der Waals surface area contributed by atoms with Gasteiger partial charge in [-0.05, 0) is 52.9 Å². The largest absolute Gasteiger partial charge is 0.481 e. The Bertz CT molecular complexity index is 322. The first-order chi connectivity index (χ1) is 7.44. The van der Waals surface area contributed by atoms with Gasteiger partial charge in [0.15, 0.2) is 0 Å². The van der Waals surface area contributed by atoms with Crippen LogP contribution in [0.3, 0.4) is 0 Å². The zero-order valence-electron chi connectivity index (χ0n) is 10.5. The van der Waals surface area contributed by atoms with Crippen LogP contribution in [0.5, 0.6) is 0 Å². The molecule has 0 aromatic heterocycles. The molecule has 0 aromatic rings. The number of aliphatic carboxylic acids is 1. The van der Waals surface area contributed by atoms with Crippen LogP contribution in [0.1, 0.15) is 52.9 Å². The van der Waals surface area contributed by atoms with Gasteiger partial charge in [0.2, 0.25) is 0 Å². The van der Waals surface area contributed by atoms with Crippen LogP contribution in [0, 0.1) is 5.41 Å². The number of carboxylic acid groups (broad SMARTS) is 1. The van der Waals surface area contributed by atoms with Crippen molar-refractivity contribution in [2.75, 3.05) is 0 Å². The molecule has 2 nitrogen and oxygen atoms in total. The first-order valence-corrected chi connectivity index (χ1v) is 5.99. The lowest BCUT2D eigenvalue weighted by Crippen LogP contribution is -2.29. The van der Waals surface area contributed by atoms with Crippen molar-refractivity contribution in [3.63, 3.8) is 0 Å². The van der Waals surface area contributed by atoms with Gasteiger partial charge >= 0.3 is 5.97 Å². The van der Waals surface area contributed by atoms with Crippen molar-refractivity contribution in [1.29, 1.82) is 0 Å². The third-order valence-corrected chi connectivity index (χ3v) is 3.28. The summed E-state index contributed by atoms with van der Waals surface area (Å²) in [6.07, 6.45) is 8.88. The molecule has 1 rings (SSSR count). The van der Waals surface area contributed by atoms with E-state index in [4.69, 9.17) is 0 Å². The maximum atomic E-state index is 11.2. The predicted molar refractivity (Wildman–Crippen MR) is 66.3 cm³/mol. The van der Waals surface area contributed by atoms with Crippen LogP contribution < -0.4 is 0 Å². The van der Waals surface area contributed by atoms with Gasteiger partial charge in [-0.3, -0.25) is 4.79 Å². The molecule has 90 valence electrons. The van der Waals surface area contributed by atoms with E-state index >= 15 is 0 Å². The molecule has 1 aliphatic rings. The maximum Gasteiger partial charge on any atom is 0.309 e. The molecule has 1 N–H and O–H groups in total. The highest BCUT2D eigenvalue weighted by Crippen LogP contribution is 2.37. The van der Waals surface area contributed by atoms with Crippen molar-refractivity contribution in [2.45, 2.75) is 52.9 Å². The summed E-state index contributed by atoms with van der Waals surface area (Å²) in [6, 6.07) is 0. The first kappa shape index (κ1) is 13.0. The second-order valence-electron chi connectivity index (χ2n) is 5.26. The average molecular weight is 222 g/mol. The second-order valence-corrected chi connectivity index (χ2v) is 5.26. The van der Waals surface area contributed by atoms with E-state index in [1.165, 1.54) is 11.1 Å². The first-order valence-electron chi connectivity index (χ1n) is 5.99. The third kappa shape index (κ3) is 3.51. The van der Waals surface area contributed by atoms with E-state index in [9.17, 15) is 9.90 Å². The highest BCUT2D eigenvalue weighted by molar-refractivity contribution is 5.74. The predicted octanol–water partition coefficient (Wildman–Crippen LogP) is 3.93. The summed E-state index contributed by atoms with van der Waals surface area (Å²) >= 11 is 0. The molecule has 16 heavy (non-hydrogen) atoms. The van der Waals surface area contributed by atoms with Gasteiger partial charge in [0, 0.05) is 0 Å². The molecular formula is C14H22O2. The topological polar surface area (TPSA) is 37.3 Å². The van der Waals surface area contributed by atoms with Crippen molar-refractivity contribution >= 4 is 5.97 Å². The fourth-order valence-electron chi connectivity index (χ4n) is 2.18. The molecule has 0 bridgehead atoms. The third-order valence-electron chi connectivity index (χ3n) is 3.28. The lowest BCUT2D eigenvalue weighted by Gasteiger charge is -2.29. The molecule has 0 heterocycles. The second kappa shape index (κ2) is 5.33. The summed E-state index contributed by atoms with van der Waals surface area (Å²) in [6.45, 7) is 6.05. The van der Waals surface area contributed by atoms with Crippen LogP contribution >= 0.6 is 0 Å². The molecule has 0 saturated carbocycles. The van der Waals surface area contributed by atoms with Gasteiger partial charge in [-0.25, -0.2) is 0 Å². The van der Waals surface area contributed by atoms with Gasteiger partial charge in [-0.15, -0.1) is 0 Å². The molecule has 0 saturated heterocycles. The Balaban J connectivity index is 2.54. The number of carbonyl (C=O) groups is 1. The number of allylic oxidation sites excluding steroid dienone is 4. The van der Waals surface area contributed by atoms with Crippen LogP contribution in [-0.2, 0) is 4.79 Å². The summed E-state index contributed by atoms with van der Waals surface area (Å²) < 4.78 is 0. The number of hydrogen-bond acceptors (Lipinski definition) is 1. The molecule has 0 amide bonds. The van der Waals surface area contributed by atoms with Crippen molar-refractivity contribution < 1.29 is 9.90 Å². The van der Waals surface area contributed by atoms with Crippen molar-refractivity contribution in [3.05, 3.63) is 23.3 Å². The Kier molecular flexibility index (Phi) is 4.34. The molecule has 1 aliphatic carbocycles. The minimum atomic E-state index is -0.652. The van der Waals surface area contributed by atoms with Gasteiger partial charge in [0.25, 0.3) is 0 Å². The van der Waals surface area contributed by atoms with Crippen molar-refractivity contribution in [1.82, 2.24) is 0 Å². The Morgan fingerprint density at radius 1 is 1.56 bits per heavy atom. The number of rotatable bonds is 4. The zero-order valence-corrected chi connectivity index (χ0v) is 10.5. The van der Waals surface area contributed by atoms with Crippen LogP contribution in [0.25, 0.3) is 0 Å². The molecule has 0 radical (unpaired) electrons. The molecule has 0 fully saturated rings. The summed E-state index contributed by atoms with van der Waals surface area (Å²) in [7, 11) is 0. The Labute approximate surface area is 98.1 Å². The normalized spacial score (nSPS) is 24.8. The van der Waals surface area contributed by atoms with E-state index < -0.39 is 11.4 Å². The van der Waals surface area contributed by atoms with Crippen LogP contribution in [0.4, 0.5) is 0 Å². The summed E-state index contributed by atoms with van der Waals surface area (Å²) in [5, 5.41) is 9.19. The van der Waals surface area contributed by atoms with E-state index in [0.717, 1.165) is 32.1 Å². The Morgan fingerprint density at radius 2 is 2.25 bits per heavy atom. The van der Waals surface area contributed by atoms with E-state index in [1.54, 1.807) is 0 Å². The summed E-state index contributed by atoms with van der Waals surface area (Å²) in [4.78, 5) is 11.2. The number of carboxylic acids is 1. The molecule has 0 aliphatic heterocycles. The minimum Gasteiger partial charge on any atom is -0.481 e. The SMILES string of the molecule is CC(C)=CCCC1=CCC[C@](C)(C(=O)O)C1. The lowest BCUT2D eigenvalue weighted by atomic mass is 9.75. The van der Waals surface area contributed by atoms with Crippen LogP contribution in [0.2, 0.25) is 0 Å². The Morgan fingerprint density at radius 3 is 2.81 bits per heavy atom. The standard InChI is InChI=1S/C14H22O2/c1-11(2)6-4-7-12-8-5-9-14(3,10-12)13(15)16/h6,8H,4-5,7,9-10H2,1-3H3,(H,15,16)/t14-/m0/s1. The van der Waals surface area contributed by atoms with Gasteiger partial charge in [0.05, 0.1) is 5.41 Å². The maximum absolute atomic E-state index is 11.2. The summed E-state index contributed by atoms with van der Waals surface area (Å²) in [5.74, 6) is -0.652. The Hall–Kier alpha value is -1.05. The smallest absolute Gasteiger partial charge is 0.309 e. The quantitative estimate of drug-likeness (QED) is 0.732. The van der Waals surface area contributed by atoms with E-state index in [0.29, 0.717) is 0 Å². The van der Waals surface area contributed by atoms with Crippen LogP contribution in [-0.4, -0.2) is 11.1 Å². The molecule has 2 heteroatoms. The van der Waals surface area contributed by atoms with Gasteiger partial charge < -0.3 is 5.11 Å². The summed E-state index contributed by atoms with van der Waals surface area (Å²) in [5.41, 5.74) is 2.11. The zero-order chi connectivity index (χ0) is 12.2. The fourth-order valence-corrected chi connectivity index (χ4v) is 2.18. The highest BCUT2D eigenvalue weighted by Gasteiger charge is 2.35. The molecular weight excluding hydrogens is 200 g/mol. The average Bonchev–Trinajstić information content (AvgIpc) is 2.17. The minimum absolute atomic E-state index is 0.533. The monoisotopic (exact) mass is 222 g/mol. The molecule has 0 unspecified atom stereocenters. The number of hydrogen-bond donors (Lipinski definition) is 1. The van der Waals surface area contributed by atoms with Gasteiger partial charge in [-0.2, -0.15) is 0 Å². The van der Waals surface area contributed by atoms with Gasteiger partial charge in [-0.1, -0.05) is 23.3 Å². The van der Waals surface area contributed by atoms with E-state index in [1.807, 2.05) is 6.92 Å². The van der Waals surface area contributed by atoms with Crippen LogP contribution in [0.15, 0.2) is 23.3 Å². The molecule has 0 spiro atoms.